The molecule has 1 fully saturated rings. The van der Waals surface area contributed by atoms with E-state index >= 15 is 0 Å². The molecule has 114 valence electrons. The summed E-state index contributed by atoms with van der Waals surface area (Å²) in [5.41, 5.74) is 0.663. The van der Waals surface area contributed by atoms with Crippen LogP contribution < -0.4 is 5.32 Å². The number of aromatic nitrogens is 1. The summed E-state index contributed by atoms with van der Waals surface area (Å²) in [4.78, 5) is 26.4. The van der Waals surface area contributed by atoms with E-state index < -0.39 is 6.04 Å². The zero-order valence-corrected chi connectivity index (χ0v) is 12.5. The molecule has 1 aliphatic heterocycles. The number of amides is 2. The van der Waals surface area contributed by atoms with Crippen molar-refractivity contribution >= 4 is 11.8 Å². The Balaban J connectivity index is 1.68. The lowest BCUT2D eigenvalue weighted by Crippen LogP contribution is -2.54. The van der Waals surface area contributed by atoms with Gasteiger partial charge in [-0.2, -0.15) is 0 Å². The molecule has 2 heterocycles. The van der Waals surface area contributed by atoms with Crippen molar-refractivity contribution < 1.29 is 9.59 Å². The number of carbonyl (C=O) groups excluding carboxylic acids is 2. The van der Waals surface area contributed by atoms with Crippen molar-refractivity contribution in [2.24, 2.45) is 0 Å². The van der Waals surface area contributed by atoms with Crippen molar-refractivity contribution in [1.82, 2.24) is 14.8 Å². The van der Waals surface area contributed by atoms with E-state index in [0.717, 1.165) is 12.8 Å². The Morgan fingerprint density at radius 1 is 1.24 bits per heavy atom. The molecule has 0 bridgehead atoms. The van der Waals surface area contributed by atoms with Gasteiger partial charge >= 0.3 is 0 Å². The van der Waals surface area contributed by atoms with Gasteiger partial charge in [-0.05, 0) is 25.0 Å². The third-order valence-electron chi connectivity index (χ3n) is 4.71. The molecule has 1 unspecified atom stereocenters. The lowest BCUT2D eigenvalue weighted by Gasteiger charge is -2.33. The van der Waals surface area contributed by atoms with Gasteiger partial charge in [-0.15, -0.1) is 0 Å². The van der Waals surface area contributed by atoms with Gasteiger partial charge in [0.25, 0.3) is 5.91 Å². The van der Waals surface area contributed by atoms with Crippen LogP contribution in [-0.2, 0) is 11.3 Å². The molecule has 1 atom stereocenters. The predicted molar refractivity (Wildman–Crippen MR) is 79.9 cm³/mol. The zero-order chi connectivity index (χ0) is 14.8. The third kappa shape index (κ3) is 2.82. The van der Waals surface area contributed by atoms with Gasteiger partial charge in [-0.1, -0.05) is 25.7 Å². The standard InChI is InChI=1S/C16H23N3O2/c1-18-14(11-19-10-6-9-13(19)16(18)21)15(20)17-12-7-4-2-3-5-8-12/h6,9-10,12,14H,2-5,7-8,11H2,1H3,(H,17,20). The van der Waals surface area contributed by atoms with E-state index in [-0.39, 0.29) is 17.9 Å². The van der Waals surface area contributed by atoms with Crippen molar-refractivity contribution in [2.45, 2.75) is 57.2 Å². The minimum Gasteiger partial charge on any atom is -0.352 e. The van der Waals surface area contributed by atoms with E-state index in [9.17, 15) is 9.59 Å². The fourth-order valence-electron chi connectivity index (χ4n) is 3.38. The highest BCUT2D eigenvalue weighted by atomic mass is 16.2. The van der Waals surface area contributed by atoms with Crippen LogP contribution in [0.25, 0.3) is 0 Å². The molecule has 5 heteroatoms. The minimum atomic E-state index is -0.402. The minimum absolute atomic E-state index is 0.0166. The first kappa shape index (κ1) is 14.2. The van der Waals surface area contributed by atoms with Gasteiger partial charge in [-0.25, -0.2) is 0 Å². The lowest BCUT2D eigenvalue weighted by molar-refractivity contribution is -0.126. The first-order chi connectivity index (χ1) is 10.2. The van der Waals surface area contributed by atoms with Crippen LogP contribution in [0.1, 0.15) is 49.0 Å². The van der Waals surface area contributed by atoms with Gasteiger partial charge in [0.15, 0.2) is 0 Å². The largest absolute Gasteiger partial charge is 0.352 e. The summed E-state index contributed by atoms with van der Waals surface area (Å²) >= 11 is 0. The van der Waals surface area contributed by atoms with Crippen molar-refractivity contribution in [1.29, 1.82) is 0 Å². The van der Waals surface area contributed by atoms with E-state index in [1.165, 1.54) is 25.7 Å². The molecule has 0 spiro atoms. The zero-order valence-electron chi connectivity index (χ0n) is 12.5. The maximum Gasteiger partial charge on any atom is 0.270 e. The topological polar surface area (TPSA) is 54.3 Å². The fraction of sp³-hybridized carbons (Fsp3) is 0.625. The summed E-state index contributed by atoms with van der Waals surface area (Å²) in [6, 6.07) is 3.53. The van der Waals surface area contributed by atoms with Gasteiger partial charge in [-0.3, -0.25) is 9.59 Å². The first-order valence-electron chi connectivity index (χ1n) is 7.89. The van der Waals surface area contributed by atoms with Crippen molar-refractivity contribution in [3.63, 3.8) is 0 Å². The third-order valence-corrected chi connectivity index (χ3v) is 4.71. The maximum absolute atomic E-state index is 12.5. The smallest absolute Gasteiger partial charge is 0.270 e. The Hall–Kier alpha value is -1.78. The Morgan fingerprint density at radius 3 is 2.67 bits per heavy atom. The van der Waals surface area contributed by atoms with E-state index in [1.54, 1.807) is 18.0 Å². The van der Waals surface area contributed by atoms with Crippen LogP contribution in [-0.4, -0.2) is 40.4 Å². The monoisotopic (exact) mass is 289 g/mol. The number of likely N-dealkylation sites (N-methyl/N-ethyl adjacent to an activating group) is 1. The van der Waals surface area contributed by atoms with Gasteiger partial charge in [0.1, 0.15) is 11.7 Å². The van der Waals surface area contributed by atoms with Gasteiger partial charge in [0.2, 0.25) is 5.91 Å². The van der Waals surface area contributed by atoms with Crippen molar-refractivity contribution in [2.75, 3.05) is 7.05 Å². The van der Waals surface area contributed by atoms with Crippen LogP contribution in [0.2, 0.25) is 0 Å². The molecule has 5 nitrogen and oxygen atoms in total. The molecule has 3 rings (SSSR count). The van der Waals surface area contributed by atoms with Crippen LogP contribution in [0.15, 0.2) is 18.3 Å². The fourth-order valence-corrected chi connectivity index (χ4v) is 3.38. The number of hydrogen-bond donors (Lipinski definition) is 1. The molecule has 1 aromatic rings. The number of rotatable bonds is 2. The highest BCUT2D eigenvalue weighted by molar-refractivity contribution is 5.97. The Bertz CT molecular complexity index is 529. The van der Waals surface area contributed by atoms with Crippen LogP contribution in [0.4, 0.5) is 0 Å². The van der Waals surface area contributed by atoms with E-state index in [2.05, 4.69) is 5.32 Å². The van der Waals surface area contributed by atoms with Crippen LogP contribution >= 0.6 is 0 Å². The van der Waals surface area contributed by atoms with Crippen LogP contribution in [0.5, 0.6) is 0 Å². The molecule has 1 aromatic heterocycles. The van der Waals surface area contributed by atoms with Gasteiger partial charge in [0, 0.05) is 19.3 Å². The highest BCUT2D eigenvalue weighted by Gasteiger charge is 2.34. The van der Waals surface area contributed by atoms with Crippen LogP contribution in [0.3, 0.4) is 0 Å². The average molecular weight is 289 g/mol. The molecule has 2 aliphatic rings. The molecule has 0 aromatic carbocycles. The molecule has 1 aliphatic carbocycles. The first-order valence-corrected chi connectivity index (χ1v) is 7.89. The SMILES string of the molecule is CN1C(=O)c2cccn2CC1C(=O)NC1CCCCCC1. The molecule has 0 radical (unpaired) electrons. The van der Waals surface area contributed by atoms with Gasteiger partial charge in [0.05, 0.1) is 6.54 Å². The maximum atomic E-state index is 12.5. The molecule has 21 heavy (non-hydrogen) atoms. The van der Waals surface area contributed by atoms with Gasteiger partial charge < -0.3 is 14.8 Å². The number of carbonyl (C=O) groups is 2. The number of nitrogens with one attached hydrogen (secondary N) is 1. The second-order valence-electron chi connectivity index (χ2n) is 6.17. The highest BCUT2D eigenvalue weighted by Crippen LogP contribution is 2.20. The quantitative estimate of drug-likeness (QED) is 0.844. The molecule has 1 saturated carbocycles. The van der Waals surface area contributed by atoms with Crippen LogP contribution in [0, 0.1) is 0 Å². The summed E-state index contributed by atoms with van der Waals surface area (Å²) in [6.45, 7) is 0.545. The normalized spacial score (nSPS) is 23.6. The Morgan fingerprint density at radius 2 is 1.95 bits per heavy atom. The molecular weight excluding hydrogens is 266 g/mol. The molecule has 2 amide bonds. The molecular formula is C16H23N3O2. The second-order valence-corrected chi connectivity index (χ2v) is 6.17. The second kappa shape index (κ2) is 5.92. The summed E-state index contributed by atoms with van der Waals surface area (Å²) in [5.74, 6) is -0.0932. The Kier molecular flexibility index (Phi) is 3.99. The molecule has 1 N–H and O–H groups in total. The lowest BCUT2D eigenvalue weighted by atomic mass is 10.1. The predicted octanol–water partition coefficient (Wildman–Crippen LogP) is 1.78. The van der Waals surface area contributed by atoms with E-state index in [1.807, 2.05) is 16.8 Å². The summed E-state index contributed by atoms with van der Waals surface area (Å²) in [7, 11) is 1.72. The molecule has 0 saturated heterocycles. The number of hydrogen-bond acceptors (Lipinski definition) is 2. The van der Waals surface area contributed by atoms with Crippen molar-refractivity contribution in [3.8, 4) is 0 Å². The number of fused-ring (bicyclic) bond motifs is 1. The summed E-state index contributed by atoms with van der Waals surface area (Å²) in [6.07, 6.45) is 8.89. The Labute approximate surface area is 125 Å². The number of nitrogens with zero attached hydrogens (tertiary/aromatic N) is 2. The van der Waals surface area contributed by atoms with E-state index in [0.29, 0.717) is 12.2 Å². The summed E-state index contributed by atoms with van der Waals surface area (Å²) in [5, 5.41) is 3.16. The van der Waals surface area contributed by atoms with Crippen molar-refractivity contribution in [3.05, 3.63) is 24.0 Å². The average Bonchev–Trinajstić information content (AvgIpc) is 2.80. The summed E-state index contributed by atoms with van der Waals surface area (Å²) < 4.78 is 1.87. The van der Waals surface area contributed by atoms with E-state index in [4.69, 9.17) is 0 Å².